The first-order valence-electron chi connectivity index (χ1n) is 21.3. The second-order valence-corrected chi connectivity index (χ2v) is 15.4. The van der Waals surface area contributed by atoms with E-state index in [1.54, 1.807) is 31.4 Å². The number of carbonyl (C=O) groups is 5. The van der Waals surface area contributed by atoms with Crippen molar-refractivity contribution in [3.8, 4) is 0 Å². The van der Waals surface area contributed by atoms with Gasteiger partial charge >= 0.3 is 17.8 Å². The Kier molecular flexibility index (Phi) is 25.2. The van der Waals surface area contributed by atoms with Crippen LogP contribution in [0.2, 0.25) is 5.02 Å². The number of ether oxygens (including phenoxy) is 6. The monoisotopic (exact) mass is 882 g/mol. The fourth-order valence-electron chi connectivity index (χ4n) is 7.28. The second-order valence-electron chi connectivity index (χ2n) is 14.9. The van der Waals surface area contributed by atoms with Crippen molar-refractivity contribution in [2.75, 3.05) is 105 Å². The lowest BCUT2D eigenvalue weighted by atomic mass is 9.73. The standard InChI is InChI=1S/C41H67ClN8O11/c1-56-22-23-58-26-27-60-29-28-59-25-24-57-21-18-45-35(51)11-12-36(52)61-34(6-5-16-47-40(43)44)37(53)46-17-20-50-19-13-33(30-41(50)14-3-2-4-15-41)49-39(55)38(54)48-32-9-7-31(42)8-10-32/h7-10,33-34H,2-6,11-30H2,1H3,(H,45,51)(H,46,53)(H,48,54)(H,49,55)(H4,43,44,47). The van der Waals surface area contributed by atoms with Crippen LogP contribution >= 0.6 is 11.6 Å². The summed E-state index contributed by atoms with van der Waals surface area (Å²) in [6, 6.07) is 6.35. The number of likely N-dealkylation sites (tertiary alicyclic amines) is 1. The summed E-state index contributed by atoms with van der Waals surface area (Å²) >= 11 is 5.93. The number of carbonyl (C=O) groups excluding carboxylic acids is 5. The zero-order valence-corrected chi connectivity index (χ0v) is 36.3. The fraction of sp³-hybridized carbons (Fsp3) is 0.707. The van der Waals surface area contributed by atoms with Crippen LogP contribution < -0.4 is 32.3 Å². The number of halogens is 1. The Morgan fingerprint density at radius 3 is 2.10 bits per heavy atom. The summed E-state index contributed by atoms with van der Waals surface area (Å²) in [6.45, 7) is 5.99. The molecule has 1 aromatic rings. The first kappa shape index (κ1) is 51.2. The van der Waals surface area contributed by atoms with Gasteiger partial charge < -0.3 is 60.7 Å². The number of hydrogen-bond donors (Lipinski definition) is 7. The van der Waals surface area contributed by atoms with Crippen molar-refractivity contribution in [2.24, 2.45) is 5.73 Å². The van der Waals surface area contributed by atoms with Crippen LogP contribution in [0.3, 0.4) is 0 Å². The number of methoxy groups -OCH3 is 1. The van der Waals surface area contributed by atoms with Gasteiger partial charge in [0.2, 0.25) is 5.91 Å². The molecule has 8 N–H and O–H groups in total. The molecule has 19 nitrogen and oxygen atoms in total. The predicted octanol–water partition coefficient (Wildman–Crippen LogP) is 1.46. The molecule has 2 fully saturated rings. The van der Waals surface area contributed by atoms with Gasteiger partial charge in [0.05, 0.1) is 65.9 Å². The first-order valence-corrected chi connectivity index (χ1v) is 21.6. The van der Waals surface area contributed by atoms with Gasteiger partial charge in [-0.3, -0.25) is 34.3 Å². The molecular formula is C41H67ClN8O11. The van der Waals surface area contributed by atoms with Crippen molar-refractivity contribution in [3.63, 3.8) is 0 Å². The molecule has 0 bridgehead atoms. The van der Waals surface area contributed by atoms with Crippen LogP contribution in [0.15, 0.2) is 24.3 Å². The molecule has 0 radical (unpaired) electrons. The molecule has 344 valence electrons. The van der Waals surface area contributed by atoms with E-state index in [-0.39, 0.29) is 55.9 Å². The maximum Gasteiger partial charge on any atom is 0.313 e. The van der Waals surface area contributed by atoms with Crippen molar-refractivity contribution in [1.29, 1.82) is 5.41 Å². The third-order valence-corrected chi connectivity index (χ3v) is 10.6. The number of rotatable bonds is 29. The van der Waals surface area contributed by atoms with Crippen molar-refractivity contribution in [1.82, 2.24) is 26.2 Å². The SMILES string of the molecule is COCCOCCOCCOCCOCCNC(=O)CCC(=O)OC(CCCNC(=N)N)C(=O)NCCN1CCC(NC(=O)C(=O)Nc2ccc(Cl)cc2)CC12CCCCC2. The Balaban J connectivity index is 1.37. The Morgan fingerprint density at radius 2 is 1.46 bits per heavy atom. The molecule has 2 unspecified atom stereocenters. The molecular weight excluding hydrogens is 816 g/mol. The third-order valence-electron chi connectivity index (χ3n) is 10.4. The first-order chi connectivity index (χ1) is 29.5. The lowest BCUT2D eigenvalue weighted by molar-refractivity contribution is -0.157. The van der Waals surface area contributed by atoms with Crippen molar-refractivity contribution < 1.29 is 52.4 Å². The van der Waals surface area contributed by atoms with E-state index in [0.29, 0.717) is 109 Å². The lowest BCUT2D eigenvalue weighted by Gasteiger charge is -2.52. The van der Waals surface area contributed by atoms with E-state index in [0.717, 1.165) is 32.1 Å². The molecule has 1 spiro atoms. The van der Waals surface area contributed by atoms with Gasteiger partial charge in [-0.1, -0.05) is 30.9 Å². The summed E-state index contributed by atoms with van der Waals surface area (Å²) in [7, 11) is 1.62. The van der Waals surface area contributed by atoms with E-state index in [9.17, 15) is 24.0 Å². The number of guanidine groups is 1. The highest BCUT2D eigenvalue weighted by molar-refractivity contribution is 6.39. The van der Waals surface area contributed by atoms with Crippen LogP contribution in [0.5, 0.6) is 0 Å². The van der Waals surface area contributed by atoms with Crippen LogP contribution in [-0.4, -0.2) is 157 Å². The smallest absolute Gasteiger partial charge is 0.313 e. The second kappa shape index (κ2) is 30.0. The maximum absolute atomic E-state index is 13.4. The minimum atomic E-state index is -1.10. The summed E-state index contributed by atoms with van der Waals surface area (Å²) in [5.74, 6) is -3.13. The molecule has 20 heteroatoms. The lowest BCUT2D eigenvalue weighted by Crippen LogP contribution is -2.60. The van der Waals surface area contributed by atoms with Crippen LogP contribution in [-0.2, 0) is 52.4 Å². The number of benzene rings is 1. The van der Waals surface area contributed by atoms with Gasteiger partial charge in [0.1, 0.15) is 0 Å². The summed E-state index contributed by atoms with van der Waals surface area (Å²) in [5, 5.41) is 21.8. The molecule has 2 atom stereocenters. The zero-order chi connectivity index (χ0) is 44.1. The molecule has 1 saturated heterocycles. The summed E-state index contributed by atoms with van der Waals surface area (Å²) < 4.78 is 32.1. The minimum Gasteiger partial charge on any atom is -0.452 e. The van der Waals surface area contributed by atoms with E-state index < -0.39 is 29.8 Å². The Labute approximate surface area is 364 Å². The van der Waals surface area contributed by atoms with Gasteiger partial charge in [0.25, 0.3) is 5.91 Å². The fourth-order valence-corrected chi connectivity index (χ4v) is 7.41. The molecule has 0 aromatic heterocycles. The van der Waals surface area contributed by atoms with Crippen molar-refractivity contribution in [3.05, 3.63) is 29.3 Å². The Hall–Kier alpha value is -4.11. The quantitative estimate of drug-likeness (QED) is 0.0198. The summed E-state index contributed by atoms with van der Waals surface area (Å²) in [6.07, 6.45) is 5.55. The van der Waals surface area contributed by atoms with E-state index in [4.69, 9.17) is 51.2 Å². The number of amides is 4. The highest BCUT2D eigenvalue weighted by Gasteiger charge is 2.43. The van der Waals surface area contributed by atoms with Crippen molar-refractivity contribution >= 4 is 52.8 Å². The number of piperidine rings is 1. The van der Waals surface area contributed by atoms with Gasteiger partial charge in [0.15, 0.2) is 12.1 Å². The van der Waals surface area contributed by atoms with E-state index in [1.165, 1.54) is 0 Å². The van der Waals surface area contributed by atoms with Crippen molar-refractivity contribution in [2.45, 2.75) is 88.3 Å². The summed E-state index contributed by atoms with van der Waals surface area (Å²) in [5.41, 5.74) is 5.68. The Bertz CT molecular complexity index is 1490. The molecule has 2 aliphatic rings. The van der Waals surface area contributed by atoms with Gasteiger partial charge in [-0.2, -0.15) is 0 Å². The number of hydrogen-bond acceptors (Lipinski definition) is 13. The van der Waals surface area contributed by atoms with Gasteiger partial charge in [-0.25, -0.2) is 0 Å². The molecule has 1 aliphatic heterocycles. The van der Waals surface area contributed by atoms with E-state index in [1.807, 2.05) is 0 Å². The van der Waals surface area contributed by atoms with E-state index >= 15 is 0 Å². The van der Waals surface area contributed by atoms with Crippen LogP contribution in [0, 0.1) is 5.41 Å². The maximum atomic E-state index is 13.4. The third kappa shape index (κ3) is 21.5. The van der Waals surface area contributed by atoms with Crippen LogP contribution in [0.4, 0.5) is 5.69 Å². The van der Waals surface area contributed by atoms with Gasteiger partial charge in [-0.15, -0.1) is 0 Å². The average molecular weight is 883 g/mol. The van der Waals surface area contributed by atoms with Gasteiger partial charge in [-0.05, 0) is 62.8 Å². The normalized spacial score (nSPS) is 16.6. The van der Waals surface area contributed by atoms with Gasteiger partial charge in [0, 0.05) is 68.5 Å². The highest BCUT2D eigenvalue weighted by Crippen LogP contribution is 2.40. The predicted molar refractivity (Wildman–Crippen MR) is 228 cm³/mol. The molecule has 1 saturated carbocycles. The molecule has 61 heavy (non-hydrogen) atoms. The number of esters is 1. The number of nitrogens with two attached hydrogens (primary N) is 1. The number of nitrogens with one attached hydrogen (secondary N) is 6. The number of anilines is 1. The van der Waals surface area contributed by atoms with E-state index in [2.05, 4.69) is 31.5 Å². The largest absolute Gasteiger partial charge is 0.452 e. The average Bonchev–Trinajstić information content (AvgIpc) is 3.24. The Morgan fingerprint density at radius 1 is 0.820 bits per heavy atom. The van der Waals surface area contributed by atoms with Crippen LogP contribution in [0.1, 0.15) is 70.6 Å². The molecule has 4 amide bonds. The minimum absolute atomic E-state index is 0.120. The molecule has 1 heterocycles. The molecule has 1 aliphatic carbocycles. The zero-order valence-electron chi connectivity index (χ0n) is 35.5. The molecule has 3 rings (SSSR count). The highest BCUT2D eigenvalue weighted by atomic mass is 35.5. The summed E-state index contributed by atoms with van der Waals surface area (Å²) in [4.78, 5) is 66.5. The number of nitrogens with zero attached hydrogens (tertiary/aromatic N) is 1. The molecule has 1 aromatic carbocycles. The topological polar surface area (TPSA) is 254 Å². The van der Waals surface area contributed by atoms with Crippen LogP contribution in [0.25, 0.3) is 0 Å².